The first kappa shape index (κ1) is 23.1. The molecule has 5 N–H and O–H groups in total. The number of nitrogens with zero attached hydrogens (tertiary/aromatic N) is 1. The minimum Gasteiger partial charge on any atom is -0.392 e. The molecule has 33 heavy (non-hydrogen) atoms. The van der Waals surface area contributed by atoms with Crippen molar-refractivity contribution in [2.24, 2.45) is 28.6 Å². The molecule has 9 nitrogen and oxygen atoms in total. The fourth-order valence-corrected chi connectivity index (χ4v) is 10.7. The molecule has 0 aromatic heterocycles. The Morgan fingerprint density at radius 2 is 1.70 bits per heavy atom. The standard InChI is InChI=1S/C24H39NO8/c1-5-25-10-20(11-31-2)7-6-14(26)23-17(20)18(33-4)24(30,19(23)25)22(29)9-13(32-3)12-8-21(23,28)16(22)15(12)27/h12-19,26-30H,5-11H2,1-4H3/t12-,13+,14+,15+,16+,17-,18+,19?,20+,21+,22-,23-,24-/m1/s1. The molecular formula is C24H39NO8. The van der Waals surface area contributed by atoms with E-state index < -0.39 is 69.9 Å². The van der Waals surface area contributed by atoms with Crippen molar-refractivity contribution in [3.8, 4) is 0 Å². The van der Waals surface area contributed by atoms with Gasteiger partial charge in [0.1, 0.15) is 11.2 Å². The lowest BCUT2D eigenvalue weighted by atomic mass is 9.41. The lowest BCUT2D eigenvalue weighted by Crippen LogP contribution is -2.86. The smallest absolute Gasteiger partial charge is 0.136 e. The molecule has 1 saturated heterocycles. The third-order valence-corrected chi connectivity index (χ3v) is 11.3. The molecule has 1 aliphatic heterocycles. The molecule has 9 heteroatoms. The number of rotatable bonds is 5. The quantitative estimate of drug-likeness (QED) is 0.334. The minimum absolute atomic E-state index is 0.0960. The Morgan fingerprint density at radius 1 is 0.970 bits per heavy atom. The zero-order valence-electron chi connectivity index (χ0n) is 20.0. The van der Waals surface area contributed by atoms with Gasteiger partial charge in [-0.25, -0.2) is 0 Å². The number of likely N-dealkylation sites (N-methyl/N-ethyl adjacent to an activating group) is 1. The van der Waals surface area contributed by atoms with E-state index in [0.717, 1.165) is 0 Å². The van der Waals surface area contributed by atoms with E-state index in [0.29, 0.717) is 32.5 Å². The van der Waals surface area contributed by atoms with Crippen LogP contribution in [0.15, 0.2) is 0 Å². The van der Waals surface area contributed by atoms with E-state index in [9.17, 15) is 25.5 Å². The molecule has 1 spiro atoms. The van der Waals surface area contributed by atoms with E-state index >= 15 is 0 Å². The van der Waals surface area contributed by atoms with Crippen molar-refractivity contribution in [3.05, 3.63) is 0 Å². The molecule has 1 unspecified atom stereocenters. The lowest BCUT2D eigenvalue weighted by molar-refractivity contribution is -0.355. The van der Waals surface area contributed by atoms with Crippen molar-refractivity contribution < 1.29 is 39.7 Å². The fourth-order valence-electron chi connectivity index (χ4n) is 10.7. The van der Waals surface area contributed by atoms with E-state index in [1.807, 2.05) is 6.92 Å². The molecule has 188 valence electrons. The number of piperidine rings is 1. The highest BCUT2D eigenvalue weighted by Crippen LogP contribution is 2.81. The molecule has 0 radical (unpaired) electrons. The van der Waals surface area contributed by atoms with Crippen LogP contribution in [0.25, 0.3) is 0 Å². The molecule has 5 saturated carbocycles. The molecule has 6 aliphatic rings. The zero-order valence-corrected chi connectivity index (χ0v) is 20.0. The maximum Gasteiger partial charge on any atom is 0.136 e. The van der Waals surface area contributed by atoms with Gasteiger partial charge in [-0.05, 0) is 25.8 Å². The van der Waals surface area contributed by atoms with E-state index in [2.05, 4.69) is 4.90 Å². The predicted molar refractivity (Wildman–Crippen MR) is 115 cm³/mol. The van der Waals surface area contributed by atoms with Gasteiger partial charge in [-0.15, -0.1) is 0 Å². The van der Waals surface area contributed by atoms with Gasteiger partial charge >= 0.3 is 0 Å². The Labute approximate surface area is 194 Å². The summed E-state index contributed by atoms with van der Waals surface area (Å²) in [5.74, 6) is -1.83. The van der Waals surface area contributed by atoms with Gasteiger partial charge < -0.3 is 39.7 Å². The molecule has 0 amide bonds. The number of hydrogen-bond acceptors (Lipinski definition) is 9. The van der Waals surface area contributed by atoms with E-state index in [-0.39, 0.29) is 18.8 Å². The Morgan fingerprint density at radius 3 is 2.30 bits per heavy atom. The second kappa shape index (κ2) is 6.69. The average molecular weight is 470 g/mol. The Kier molecular flexibility index (Phi) is 4.67. The van der Waals surface area contributed by atoms with Gasteiger partial charge in [0.25, 0.3) is 0 Å². The van der Waals surface area contributed by atoms with Gasteiger partial charge in [-0.2, -0.15) is 0 Å². The van der Waals surface area contributed by atoms with E-state index in [4.69, 9.17) is 14.2 Å². The Bertz CT molecular complexity index is 845. The molecule has 7 bridgehead atoms. The molecule has 0 aromatic carbocycles. The van der Waals surface area contributed by atoms with Gasteiger partial charge in [-0.1, -0.05) is 6.92 Å². The average Bonchev–Trinajstić information content (AvgIpc) is 3.11. The monoisotopic (exact) mass is 469 g/mol. The first-order valence-corrected chi connectivity index (χ1v) is 12.4. The molecular weight excluding hydrogens is 430 g/mol. The largest absolute Gasteiger partial charge is 0.392 e. The second-order valence-electron chi connectivity index (χ2n) is 11.9. The number of methoxy groups -OCH3 is 3. The van der Waals surface area contributed by atoms with Gasteiger partial charge in [0.2, 0.25) is 0 Å². The number of ether oxygens (including phenoxy) is 3. The number of likely N-dealkylation sites (tertiary alicyclic amines) is 1. The van der Waals surface area contributed by atoms with Crippen molar-refractivity contribution in [1.82, 2.24) is 4.90 Å². The third-order valence-electron chi connectivity index (χ3n) is 11.3. The molecule has 1 heterocycles. The maximum absolute atomic E-state index is 12.8. The summed E-state index contributed by atoms with van der Waals surface area (Å²) >= 11 is 0. The van der Waals surface area contributed by atoms with Crippen LogP contribution in [0.2, 0.25) is 0 Å². The van der Waals surface area contributed by atoms with Crippen LogP contribution in [0.5, 0.6) is 0 Å². The predicted octanol–water partition coefficient (Wildman–Crippen LogP) is -1.27. The summed E-state index contributed by atoms with van der Waals surface area (Å²) in [5.41, 5.74) is -6.91. The van der Waals surface area contributed by atoms with Crippen molar-refractivity contribution in [2.45, 2.75) is 79.9 Å². The minimum atomic E-state index is -1.85. The number of aliphatic hydroxyl groups is 5. The summed E-state index contributed by atoms with van der Waals surface area (Å²) < 4.78 is 17.5. The van der Waals surface area contributed by atoms with Crippen molar-refractivity contribution in [2.75, 3.05) is 41.0 Å². The van der Waals surface area contributed by atoms with Crippen molar-refractivity contribution in [3.63, 3.8) is 0 Å². The highest BCUT2D eigenvalue weighted by Gasteiger charge is 2.95. The highest BCUT2D eigenvalue weighted by atomic mass is 16.5. The number of hydrogen-bond donors (Lipinski definition) is 5. The molecule has 13 atom stereocenters. The first-order chi connectivity index (χ1) is 15.6. The molecule has 0 aromatic rings. The summed E-state index contributed by atoms with van der Waals surface area (Å²) in [5, 5.41) is 61.3. The van der Waals surface area contributed by atoms with Crippen LogP contribution in [-0.4, -0.2) is 119 Å². The second-order valence-corrected chi connectivity index (χ2v) is 11.9. The van der Waals surface area contributed by atoms with E-state index in [1.165, 1.54) is 14.2 Å². The van der Waals surface area contributed by atoms with E-state index in [1.54, 1.807) is 7.11 Å². The van der Waals surface area contributed by atoms with Gasteiger partial charge in [0.15, 0.2) is 0 Å². The number of fused-ring (bicyclic) bond motifs is 2. The van der Waals surface area contributed by atoms with Crippen LogP contribution in [0, 0.1) is 28.6 Å². The normalized spacial score (nSPS) is 63.2. The Hall–Kier alpha value is -0.360. The van der Waals surface area contributed by atoms with Crippen molar-refractivity contribution >= 4 is 0 Å². The third kappa shape index (κ3) is 2.04. The fraction of sp³-hybridized carbons (Fsp3) is 1.00. The summed E-state index contributed by atoms with van der Waals surface area (Å²) in [6.07, 6.45) is -1.91. The van der Waals surface area contributed by atoms with Crippen LogP contribution >= 0.6 is 0 Å². The topological polar surface area (TPSA) is 132 Å². The van der Waals surface area contributed by atoms with Gasteiger partial charge in [0.05, 0.1) is 48.1 Å². The van der Waals surface area contributed by atoms with Crippen LogP contribution < -0.4 is 0 Å². The highest BCUT2D eigenvalue weighted by molar-refractivity contribution is 5.45. The molecule has 5 aliphatic carbocycles. The summed E-state index contributed by atoms with van der Waals surface area (Å²) in [6, 6.07) is -0.724. The maximum atomic E-state index is 12.8. The summed E-state index contributed by atoms with van der Waals surface area (Å²) in [7, 11) is 4.73. The van der Waals surface area contributed by atoms with Crippen molar-refractivity contribution in [1.29, 1.82) is 0 Å². The van der Waals surface area contributed by atoms with Gasteiger partial charge in [-0.3, -0.25) is 4.90 Å². The lowest BCUT2D eigenvalue weighted by Gasteiger charge is -2.71. The van der Waals surface area contributed by atoms with Crippen LogP contribution in [0.4, 0.5) is 0 Å². The molecule has 6 fully saturated rings. The van der Waals surface area contributed by atoms with Crippen LogP contribution in [-0.2, 0) is 14.2 Å². The van der Waals surface area contributed by atoms with Crippen LogP contribution in [0.1, 0.15) is 32.6 Å². The Balaban J connectivity index is 1.71. The van der Waals surface area contributed by atoms with Crippen LogP contribution in [0.3, 0.4) is 0 Å². The first-order valence-electron chi connectivity index (χ1n) is 12.4. The zero-order chi connectivity index (χ0) is 23.8. The molecule has 6 rings (SSSR count). The SMILES string of the molecule is CCN1C[C@]2(COC)CC[C@H](O)[C@]34C1[C@](O)([C@@H](OC)[C@H]23)[C@@]1(O)C[C@H](OC)[C@H]2C[C@]4(O)[C@@H]1[C@H]2O. The summed E-state index contributed by atoms with van der Waals surface area (Å²) in [4.78, 5) is 2.13. The van der Waals surface area contributed by atoms with Gasteiger partial charge in [0, 0.05) is 57.5 Å². The number of aliphatic hydroxyl groups excluding tert-OH is 2. The summed E-state index contributed by atoms with van der Waals surface area (Å²) in [6.45, 7) is 3.60.